The van der Waals surface area contributed by atoms with Gasteiger partial charge in [-0.2, -0.15) is 0 Å². The average Bonchev–Trinajstić information content (AvgIpc) is 2.37. The molecular formula is C12H19NO4. The molecule has 0 saturated heterocycles. The molecule has 0 saturated carbocycles. The molecule has 0 amide bonds. The first-order valence-electron chi connectivity index (χ1n) is 5.37. The number of ether oxygens (including phenoxy) is 3. The van der Waals surface area contributed by atoms with E-state index in [4.69, 9.17) is 20.1 Å². The van der Waals surface area contributed by atoms with Crippen LogP contribution in [0.1, 0.15) is 12.0 Å². The first-order valence-corrected chi connectivity index (χ1v) is 5.37. The third-order valence-corrected chi connectivity index (χ3v) is 2.45. The van der Waals surface area contributed by atoms with Gasteiger partial charge in [-0.15, -0.1) is 0 Å². The van der Waals surface area contributed by atoms with Crippen molar-refractivity contribution in [2.75, 3.05) is 27.9 Å². The fraction of sp³-hybridized carbons (Fsp3) is 0.500. The van der Waals surface area contributed by atoms with Crippen LogP contribution in [0.3, 0.4) is 0 Å². The minimum absolute atomic E-state index is 0.524. The molecule has 2 N–H and O–H groups in total. The molecular weight excluding hydrogens is 222 g/mol. The third kappa shape index (κ3) is 3.51. The summed E-state index contributed by atoms with van der Waals surface area (Å²) in [6.45, 7) is 0.524. The van der Waals surface area contributed by atoms with E-state index in [1.807, 2.05) is 12.1 Å². The zero-order chi connectivity index (χ0) is 12.7. The van der Waals surface area contributed by atoms with Gasteiger partial charge in [0.25, 0.3) is 0 Å². The van der Waals surface area contributed by atoms with Gasteiger partial charge in [-0.25, -0.2) is 5.90 Å². The summed E-state index contributed by atoms with van der Waals surface area (Å²) in [5, 5.41) is 0. The minimum atomic E-state index is 0.524. The molecule has 0 aliphatic carbocycles. The predicted molar refractivity (Wildman–Crippen MR) is 64.6 cm³/mol. The molecule has 1 aromatic carbocycles. The van der Waals surface area contributed by atoms with E-state index in [0.717, 1.165) is 18.4 Å². The first kappa shape index (κ1) is 13.6. The Labute approximate surface area is 101 Å². The van der Waals surface area contributed by atoms with Gasteiger partial charge in [0.2, 0.25) is 5.75 Å². The Balaban J connectivity index is 2.92. The molecule has 0 heterocycles. The fourth-order valence-electron chi connectivity index (χ4n) is 1.64. The average molecular weight is 241 g/mol. The molecule has 5 nitrogen and oxygen atoms in total. The highest BCUT2D eigenvalue weighted by Gasteiger charge is 2.12. The minimum Gasteiger partial charge on any atom is -0.493 e. The summed E-state index contributed by atoms with van der Waals surface area (Å²) in [5.74, 6) is 6.91. The Morgan fingerprint density at radius 2 is 1.59 bits per heavy atom. The van der Waals surface area contributed by atoms with Crippen molar-refractivity contribution in [1.29, 1.82) is 0 Å². The van der Waals surface area contributed by atoms with Crippen molar-refractivity contribution in [3.05, 3.63) is 17.7 Å². The van der Waals surface area contributed by atoms with Crippen molar-refractivity contribution in [1.82, 2.24) is 0 Å². The summed E-state index contributed by atoms with van der Waals surface area (Å²) < 4.78 is 15.8. The van der Waals surface area contributed by atoms with Crippen LogP contribution in [0.15, 0.2) is 12.1 Å². The van der Waals surface area contributed by atoms with E-state index in [1.54, 1.807) is 21.3 Å². The van der Waals surface area contributed by atoms with Crippen molar-refractivity contribution in [3.8, 4) is 17.2 Å². The van der Waals surface area contributed by atoms with Crippen LogP contribution in [0.25, 0.3) is 0 Å². The van der Waals surface area contributed by atoms with E-state index < -0.39 is 0 Å². The van der Waals surface area contributed by atoms with Crippen molar-refractivity contribution in [2.24, 2.45) is 5.90 Å². The van der Waals surface area contributed by atoms with Crippen molar-refractivity contribution in [3.63, 3.8) is 0 Å². The molecule has 0 aliphatic rings. The summed E-state index contributed by atoms with van der Waals surface area (Å²) in [7, 11) is 4.79. The topological polar surface area (TPSA) is 62.9 Å². The van der Waals surface area contributed by atoms with E-state index in [0.29, 0.717) is 23.9 Å². The highest BCUT2D eigenvalue weighted by Crippen LogP contribution is 2.38. The summed E-state index contributed by atoms with van der Waals surface area (Å²) in [6.07, 6.45) is 1.68. The number of hydrogen-bond acceptors (Lipinski definition) is 5. The maximum atomic E-state index is 5.26. The number of aryl methyl sites for hydroxylation is 1. The lowest BCUT2D eigenvalue weighted by molar-refractivity contribution is 0.135. The Bertz CT molecular complexity index is 329. The SMILES string of the molecule is COc1cc(CCCON)cc(OC)c1OC. The molecule has 0 spiro atoms. The summed E-state index contributed by atoms with van der Waals surface area (Å²) in [5.41, 5.74) is 1.09. The van der Waals surface area contributed by atoms with Crippen molar-refractivity contribution in [2.45, 2.75) is 12.8 Å². The van der Waals surface area contributed by atoms with Gasteiger partial charge in [0, 0.05) is 0 Å². The van der Waals surface area contributed by atoms with Gasteiger partial charge in [-0.1, -0.05) is 0 Å². The summed E-state index contributed by atoms with van der Waals surface area (Å²) in [6, 6.07) is 3.86. The lowest BCUT2D eigenvalue weighted by Crippen LogP contribution is -2.02. The molecule has 1 rings (SSSR count). The van der Waals surface area contributed by atoms with Gasteiger partial charge in [0.05, 0.1) is 27.9 Å². The van der Waals surface area contributed by atoms with Crippen LogP contribution in [0.4, 0.5) is 0 Å². The molecule has 1 aromatic rings. The van der Waals surface area contributed by atoms with Gasteiger partial charge in [-0.3, -0.25) is 0 Å². The normalized spacial score (nSPS) is 10.1. The zero-order valence-corrected chi connectivity index (χ0v) is 10.5. The molecule has 0 bridgehead atoms. The number of nitrogens with two attached hydrogens (primary N) is 1. The molecule has 5 heteroatoms. The third-order valence-electron chi connectivity index (χ3n) is 2.45. The fourth-order valence-corrected chi connectivity index (χ4v) is 1.64. The predicted octanol–water partition coefficient (Wildman–Crippen LogP) is 1.54. The second kappa shape index (κ2) is 6.98. The van der Waals surface area contributed by atoms with Gasteiger partial charge >= 0.3 is 0 Å². The molecule has 17 heavy (non-hydrogen) atoms. The number of hydrogen-bond donors (Lipinski definition) is 1. The molecule has 0 atom stereocenters. The second-order valence-electron chi connectivity index (χ2n) is 3.51. The highest BCUT2D eigenvalue weighted by molar-refractivity contribution is 5.53. The lowest BCUT2D eigenvalue weighted by Gasteiger charge is -2.14. The monoisotopic (exact) mass is 241 g/mol. The standard InChI is InChI=1S/C12H19NO4/c1-14-10-7-9(5-4-6-17-13)8-11(15-2)12(10)16-3/h7-8H,4-6,13H2,1-3H3. The summed E-state index contributed by atoms with van der Waals surface area (Å²) in [4.78, 5) is 4.53. The number of rotatable bonds is 7. The zero-order valence-electron chi connectivity index (χ0n) is 10.5. The molecule has 96 valence electrons. The maximum Gasteiger partial charge on any atom is 0.203 e. The van der Waals surface area contributed by atoms with Crippen LogP contribution in [0.2, 0.25) is 0 Å². The Morgan fingerprint density at radius 1 is 1.00 bits per heavy atom. The molecule has 0 aromatic heterocycles. The molecule has 0 fully saturated rings. The van der Waals surface area contributed by atoms with Gasteiger partial charge < -0.3 is 19.0 Å². The molecule has 0 radical (unpaired) electrons. The van der Waals surface area contributed by atoms with E-state index in [9.17, 15) is 0 Å². The van der Waals surface area contributed by atoms with Crippen molar-refractivity contribution < 1.29 is 19.0 Å². The van der Waals surface area contributed by atoms with E-state index in [2.05, 4.69) is 4.84 Å². The van der Waals surface area contributed by atoms with Crippen LogP contribution in [0, 0.1) is 0 Å². The van der Waals surface area contributed by atoms with Crippen LogP contribution in [-0.2, 0) is 11.3 Å². The van der Waals surface area contributed by atoms with Crippen LogP contribution in [0.5, 0.6) is 17.2 Å². The van der Waals surface area contributed by atoms with Crippen molar-refractivity contribution >= 4 is 0 Å². The Hall–Kier alpha value is -1.46. The van der Waals surface area contributed by atoms with E-state index in [-0.39, 0.29) is 0 Å². The maximum absolute atomic E-state index is 5.26. The van der Waals surface area contributed by atoms with Crippen LogP contribution < -0.4 is 20.1 Å². The highest BCUT2D eigenvalue weighted by atomic mass is 16.6. The Morgan fingerprint density at radius 3 is 2.00 bits per heavy atom. The van der Waals surface area contributed by atoms with Gasteiger partial charge in [0.15, 0.2) is 11.5 Å². The van der Waals surface area contributed by atoms with Crippen LogP contribution >= 0.6 is 0 Å². The molecule has 0 unspecified atom stereocenters. The largest absolute Gasteiger partial charge is 0.493 e. The molecule has 0 aliphatic heterocycles. The van der Waals surface area contributed by atoms with E-state index in [1.165, 1.54) is 0 Å². The van der Waals surface area contributed by atoms with Crippen LogP contribution in [-0.4, -0.2) is 27.9 Å². The number of methoxy groups -OCH3 is 3. The smallest absolute Gasteiger partial charge is 0.203 e. The summed E-state index contributed by atoms with van der Waals surface area (Å²) >= 11 is 0. The number of benzene rings is 1. The second-order valence-corrected chi connectivity index (χ2v) is 3.51. The van der Waals surface area contributed by atoms with E-state index >= 15 is 0 Å². The quantitative estimate of drug-likeness (QED) is 0.579. The van der Waals surface area contributed by atoms with Gasteiger partial charge in [0.1, 0.15) is 0 Å². The first-order chi connectivity index (χ1) is 8.26. The lowest BCUT2D eigenvalue weighted by atomic mass is 10.1. The van der Waals surface area contributed by atoms with Gasteiger partial charge in [-0.05, 0) is 30.5 Å². The Kier molecular flexibility index (Phi) is 5.59.